The molecule has 0 aromatic heterocycles. The van der Waals surface area contributed by atoms with Gasteiger partial charge in [-0.05, 0) is 35.7 Å². The molecule has 124 valence electrons. The van der Waals surface area contributed by atoms with Crippen LogP contribution < -0.4 is 11.1 Å². The molecule has 0 aliphatic carbocycles. The predicted molar refractivity (Wildman–Crippen MR) is 91.1 cm³/mol. The Morgan fingerprint density at radius 1 is 1.00 bits per heavy atom. The Morgan fingerprint density at radius 2 is 1.67 bits per heavy atom. The fraction of sp³-hybridized carbons (Fsp3) is 0.278. The zero-order valence-electron chi connectivity index (χ0n) is 13.2. The molecular weight excluding hydrogens is 306 g/mol. The van der Waals surface area contributed by atoms with Crippen LogP contribution >= 0.6 is 0 Å². The summed E-state index contributed by atoms with van der Waals surface area (Å²) in [4.78, 5) is 37.0. The van der Waals surface area contributed by atoms with Gasteiger partial charge in [0.2, 0.25) is 5.91 Å². The number of amides is 3. The molecule has 1 aliphatic heterocycles. The monoisotopic (exact) mass is 325 g/mol. The summed E-state index contributed by atoms with van der Waals surface area (Å²) < 4.78 is 0. The smallest absolute Gasteiger partial charge is 0.313 e. The average Bonchev–Trinajstić information content (AvgIpc) is 2.61. The van der Waals surface area contributed by atoms with E-state index < -0.39 is 11.8 Å². The van der Waals surface area contributed by atoms with Crippen molar-refractivity contribution in [2.75, 3.05) is 18.4 Å². The third-order valence-corrected chi connectivity index (χ3v) is 4.39. The minimum atomic E-state index is -0.664. The first kappa shape index (κ1) is 16.0. The SMILES string of the molecule is NC(=O)C1CCN(C(=O)C(=O)Nc2ccc3ccccc3c2)CC1. The zero-order chi connectivity index (χ0) is 17.1. The lowest BCUT2D eigenvalue weighted by Gasteiger charge is -2.29. The van der Waals surface area contributed by atoms with E-state index in [0.717, 1.165) is 10.8 Å². The van der Waals surface area contributed by atoms with Crippen molar-refractivity contribution < 1.29 is 14.4 Å². The van der Waals surface area contributed by atoms with Crippen LogP contribution in [0.1, 0.15) is 12.8 Å². The Labute approximate surface area is 139 Å². The highest BCUT2D eigenvalue weighted by Crippen LogP contribution is 2.20. The molecule has 1 aliphatic rings. The summed E-state index contributed by atoms with van der Waals surface area (Å²) in [6.45, 7) is 0.745. The molecule has 6 heteroatoms. The molecule has 3 rings (SSSR count). The molecule has 0 spiro atoms. The van der Waals surface area contributed by atoms with Gasteiger partial charge < -0.3 is 16.0 Å². The molecule has 3 amide bonds. The number of nitrogens with one attached hydrogen (secondary N) is 1. The summed E-state index contributed by atoms with van der Waals surface area (Å²) in [5, 5.41) is 4.70. The number of nitrogens with two attached hydrogens (primary N) is 1. The number of piperidine rings is 1. The van der Waals surface area contributed by atoms with Gasteiger partial charge in [0.05, 0.1) is 0 Å². The van der Waals surface area contributed by atoms with Gasteiger partial charge in [0.15, 0.2) is 0 Å². The highest BCUT2D eigenvalue weighted by molar-refractivity contribution is 6.39. The third-order valence-electron chi connectivity index (χ3n) is 4.39. The van der Waals surface area contributed by atoms with Crippen molar-refractivity contribution in [2.45, 2.75) is 12.8 Å². The van der Waals surface area contributed by atoms with Crippen molar-refractivity contribution in [1.29, 1.82) is 0 Å². The minimum Gasteiger partial charge on any atom is -0.369 e. The third kappa shape index (κ3) is 3.37. The zero-order valence-corrected chi connectivity index (χ0v) is 13.2. The first-order valence-corrected chi connectivity index (χ1v) is 7.93. The molecule has 0 unspecified atom stereocenters. The van der Waals surface area contributed by atoms with E-state index in [1.807, 2.05) is 36.4 Å². The van der Waals surface area contributed by atoms with Gasteiger partial charge in [-0.15, -0.1) is 0 Å². The van der Waals surface area contributed by atoms with E-state index in [9.17, 15) is 14.4 Å². The number of anilines is 1. The molecule has 6 nitrogen and oxygen atoms in total. The fourth-order valence-electron chi connectivity index (χ4n) is 2.96. The molecule has 3 N–H and O–H groups in total. The quantitative estimate of drug-likeness (QED) is 0.820. The number of hydrogen-bond acceptors (Lipinski definition) is 3. The van der Waals surface area contributed by atoms with Gasteiger partial charge in [-0.3, -0.25) is 14.4 Å². The maximum atomic E-state index is 12.2. The van der Waals surface area contributed by atoms with Crippen LogP contribution in [-0.2, 0) is 14.4 Å². The topological polar surface area (TPSA) is 92.5 Å². The lowest BCUT2D eigenvalue weighted by atomic mass is 9.96. The van der Waals surface area contributed by atoms with E-state index >= 15 is 0 Å². The van der Waals surface area contributed by atoms with Crippen LogP contribution in [0.4, 0.5) is 5.69 Å². The second-order valence-electron chi connectivity index (χ2n) is 5.98. The van der Waals surface area contributed by atoms with Gasteiger partial charge in [0.1, 0.15) is 0 Å². The maximum absolute atomic E-state index is 12.2. The van der Waals surface area contributed by atoms with E-state index in [1.54, 1.807) is 6.07 Å². The number of primary amides is 1. The highest BCUT2D eigenvalue weighted by atomic mass is 16.2. The van der Waals surface area contributed by atoms with Crippen LogP contribution in [0.25, 0.3) is 10.8 Å². The second kappa shape index (κ2) is 6.70. The number of nitrogens with zero attached hydrogens (tertiary/aromatic N) is 1. The molecule has 1 fully saturated rings. The Bertz CT molecular complexity index is 795. The van der Waals surface area contributed by atoms with Crippen LogP contribution in [0.2, 0.25) is 0 Å². The largest absolute Gasteiger partial charge is 0.369 e. The van der Waals surface area contributed by atoms with Gasteiger partial charge in [-0.25, -0.2) is 0 Å². The normalized spacial score (nSPS) is 15.2. The molecule has 2 aromatic carbocycles. The summed E-state index contributed by atoms with van der Waals surface area (Å²) in [6, 6.07) is 13.3. The molecule has 2 aromatic rings. The summed E-state index contributed by atoms with van der Waals surface area (Å²) >= 11 is 0. The van der Waals surface area contributed by atoms with Gasteiger partial charge in [0.25, 0.3) is 0 Å². The first-order chi connectivity index (χ1) is 11.5. The standard InChI is InChI=1S/C18H19N3O3/c19-16(22)13-7-9-21(10-8-13)18(24)17(23)20-15-6-5-12-3-1-2-4-14(12)11-15/h1-6,11,13H,7-10H2,(H2,19,22)(H,20,23). The van der Waals surface area contributed by atoms with Crippen molar-refractivity contribution in [3.63, 3.8) is 0 Å². The van der Waals surface area contributed by atoms with E-state index in [-0.39, 0.29) is 11.8 Å². The van der Waals surface area contributed by atoms with E-state index in [2.05, 4.69) is 5.32 Å². The van der Waals surface area contributed by atoms with Crippen molar-refractivity contribution in [3.8, 4) is 0 Å². The van der Waals surface area contributed by atoms with Crippen molar-refractivity contribution >= 4 is 34.2 Å². The maximum Gasteiger partial charge on any atom is 0.313 e. The van der Waals surface area contributed by atoms with Crippen LogP contribution in [0.15, 0.2) is 42.5 Å². The fourth-order valence-corrected chi connectivity index (χ4v) is 2.96. The summed E-state index contributed by atoms with van der Waals surface area (Å²) in [5.74, 6) is -1.80. The highest BCUT2D eigenvalue weighted by Gasteiger charge is 2.29. The van der Waals surface area contributed by atoms with Crippen molar-refractivity contribution in [2.24, 2.45) is 11.7 Å². The molecule has 0 saturated carbocycles. The van der Waals surface area contributed by atoms with E-state index in [1.165, 1.54) is 4.90 Å². The Kier molecular flexibility index (Phi) is 4.46. The van der Waals surface area contributed by atoms with Crippen LogP contribution in [0.5, 0.6) is 0 Å². The Morgan fingerprint density at radius 3 is 2.33 bits per heavy atom. The number of benzene rings is 2. The van der Waals surface area contributed by atoms with E-state index in [0.29, 0.717) is 31.6 Å². The predicted octanol–water partition coefficient (Wildman–Crippen LogP) is 1.50. The van der Waals surface area contributed by atoms with Gasteiger partial charge in [0, 0.05) is 24.7 Å². The number of likely N-dealkylation sites (tertiary alicyclic amines) is 1. The van der Waals surface area contributed by atoms with Gasteiger partial charge in [-0.1, -0.05) is 30.3 Å². The van der Waals surface area contributed by atoms with E-state index in [4.69, 9.17) is 5.73 Å². The molecule has 1 heterocycles. The summed E-state index contributed by atoms with van der Waals surface area (Å²) in [5.41, 5.74) is 5.86. The van der Waals surface area contributed by atoms with Crippen molar-refractivity contribution in [1.82, 2.24) is 4.90 Å². The minimum absolute atomic E-state index is 0.211. The molecule has 0 radical (unpaired) electrons. The van der Waals surface area contributed by atoms with Crippen LogP contribution in [-0.4, -0.2) is 35.7 Å². The average molecular weight is 325 g/mol. The first-order valence-electron chi connectivity index (χ1n) is 7.93. The lowest BCUT2D eigenvalue weighted by molar-refractivity contribution is -0.144. The molecule has 1 saturated heterocycles. The van der Waals surface area contributed by atoms with Crippen molar-refractivity contribution in [3.05, 3.63) is 42.5 Å². The van der Waals surface area contributed by atoms with Gasteiger partial charge in [-0.2, -0.15) is 0 Å². The van der Waals surface area contributed by atoms with Crippen LogP contribution in [0.3, 0.4) is 0 Å². The number of carbonyl (C=O) groups is 3. The molecule has 0 atom stereocenters. The molecular formula is C18H19N3O3. The van der Waals surface area contributed by atoms with Gasteiger partial charge >= 0.3 is 11.8 Å². The Hall–Kier alpha value is -2.89. The number of fused-ring (bicyclic) bond motifs is 1. The number of rotatable bonds is 2. The second-order valence-corrected chi connectivity index (χ2v) is 5.98. The number of hydrogen-bond donors (Lipinski definition) is 2. The Balaban J connectivity index is 1.63. The lowest BCUT2D eigenvalue weighted by Crippen LogP contribution is -2.46. The molecule has 24 heavy (non-hydrogen) atoms. The van der Waals surface area contributed by atoms with Crippen LogP contribution in [0, 0.1) is 5.92 Å². The number of carbonyl (C=O) groups excluding carboxylic acids is 3. The summed E-state index contributed by atoms with van der Waals surface area (Å²) in [7, 11) is 0. The molecule has 0 bridgehead atoms. The summed E-state index contributed by atoms with van der Waals surface area (Å²) in [6.07, 6.45) is 1.01.